The molecule has 1 aromatic carbocycles. The molecular formula is C16H20N2O2. The molecule has 4 nitrogen and oxygen atoms in total. The molecule has 0 unspecified atom stereocenters. The smallest absolute Gasteiger partial charge is 0.247 e. The standard InChI is InChI=1S/C16H20N2O2/c1-18(13-6-8-14(19)9-7-13)15(20)16(12-17)10-4-2-3-5-11-16/h6-9,19H,2-5,10-11H2,1H3. The van der Waals surface area contributed by atoms with E-state index in [0.717, 1.165) is 25.7 Å². The zero-order valence-corrected chi connectivity index (χ0v) is 11.8. The number of rotatable bonds is 2. The van der Waals surface area contributed by atoms with Gasteiger partial charge in [-0.2, -0.15) is 5.26 Å². The zero-order valence-electron chi connectivity index (χ0n) is 11.8. The first-order valence-electron chi connectivity index (χ1n) is 7.07. The molecule has 1 aliphatic carbocycles. The number of aromatic hydroxyl groups is 1. The lowest BCUT2D eigenvalue weighted by molar-refractivity contribution is -0.125. The van der Waals surface area contributed by atoms with E-state index in [1.165, 1.54) is 4.90 Å². The molecule has 1 fully saturated rings. The summed E-state index contributed by atoms with van der Waals surface area (Å²) in [5.41, 5.74) is -0.185. The van der Waals surface area contributed by atoms with E-state index in [9.17, 15) is 15.2 Å². The molecule has 0 saturated heterocycles. The van der Waals surface area contributed by atoms with Gasteiger partial charge < -0.3 is 10.0 Å². The van der Waals surface area contributed by atoms with Gasteiger partial charge in [-0.1, -0.05) is 25.7 Å². The topological polar surface area (TPSA) is 64.3 Å². The van der Waals surface area contributed by atoms with E-state index in [2.05, 4.69) is 6.07 Å². The van der Waals surface area contributed by atoms with Crippen LogP contribution < -0.4 is 4.90 Å². The SMILES string of the molecule is CN(C(=O)C1(C#N)CCCCCC1)c1ccc(O)cc1. The molecule has 0 atom stereocenters. The number of hydrogen-bond acceptors (Lipinski definition) is 3. The highest BCUT2D eigenvalue weighted by Gasteiger charge is 2.41. The zero-order chi connectivity index (χ0) is 14.6. The maximum atomic E-state index is 12.7. The van der Waals surface area contributed by atoms with Gasteiger partial charge in [-0.05, 0) is 37.1 Å². The maximum absolute atomic E-state index is 12.7. The summed E-state index contributed by atoms with van der Waals surface area (Å²) >= 11 is 0. The first kappa shape index (κ1) is 14.4. The Hall–Kier alpha value is -2.02. The Morgan fingerprint density at radius 1 is 1.20 bits per heavy atom. The third-order valence-electron chi connectivity index (χ3n) is 4.12. The number of phenols is 1. The average Bonchev–Trinajstić information content (AvgIpc) is 2.73. The fraction of sp³-hybridized carbons (Fsp3) is 0.500. The van der Waals surface area contributed by atoms with Crippen LogP contribution in [0.25, 0.3) is 0 Å². The van der Waals surface area contributed by atoms with Crippen molar-refractivity contribution < 1.29 is 9.90 Å². The number of hydrogen-bond donors (Lipinski definition) is 1. The Morgan fingerprint density at radius 3 is 2.25 bits per heavy atom. The van der Waals surface area contributed by atoms with Crippen LogP contribution >= 0.6 is 0 Å². The van der Waals surface area contributed by atoms with E-state index in [1.54, 1.807) is 31.3 Å². The Balaban J connectivity index is 2.23. The molecule has 1 aromatic rings. The second kappa shape index (κ2) is 5.96. The summed E-state index contributed by atoms with van der Waals surface area (Å²) in [6.07, 6.45) is 5.35. The molecule has 2 rings (SSSR count). The molecule has 4 heteroatoms. The van der Waals surface area contributed by atoms with Crippen LogP contribution in [0.1, 0.15) is 38.5 Å². The fourth-order valence-corrected chi connectivity index (χ4v) is 2.82. The third kappa shape index (κ3) is 2.77. The number of carbonyl (C=O) groups is 1. The molecular weight excluding hydrogens is 252 g/mol. The highest BCUT2D eigenvalue weighted by atomic mass is 16.3. The lowest BCUT2D eigenvalue weighted by atomic mass is 9.80. The van der Waals surface area contributed by atoms with Crippen molar-refractivity contribution in [2.24, 2.45) is 5.41 Å². The molecule has 1 aliphatic rings. The van der Waals surface area contributed by atoms with Gasteiger partial charge in [-0.15, -0.1) is 0 Å². The van der Waals surface area contributed by atoms with Crippen molar-refractivity contribution in [1.29, 1.82) is 5.26 Å². The third-order valence-corrected chi connectivity index (χ3v) is 4.12. The molecule has 1 N–H and O–H groups in total. The van der Waals surface area contributed by atoms with Crippen molar-refractivity contribution in [2.45, 2.75) is 38.5 Å². The van der Waals surface area contributed by atoms with Crippen molar-refractivity contribution >= 4 is 11.6 Å². The van der Waals surface area contributed by atoms with Crippen LogP contribution in [-0.2, 0) is 4.79 Å². The molecule has 0 heterocycles. The molecule has 106 valence electrons. The van der Waals surface area contributed by atoms with Crippen molar-refractivity contribution in [3.63, 3.8) is 0 Å². The fourth-order valence-electron chi connectivity index (χ4n) is 2.82. The normalized spacial score (nSPS) is 17.8. The van der Waals surface area contributed by atoms with E-state index >= 15 is 0 Å². The van der Waals surface area contributed by atoms with Crippen molar-refractivity contribution in [2.75, 3.05) is 11.9 Å². The summed E-state index contributed by atoms with van der Waals surface area (Å²) in [5, 5.41) is 18.8. The summed E-state index contributed by atoms with van der Waals surface area (Å²) in [7, 11) is 1.69. The summed E-state index contributed by atoms with van der Waals surface area (Å²) in [6, 6.07) is 8.75. The Bertz CT molecular complexity index is 508. The molecule has 1 amide bonds. The van der Waals surface area contributed by atoms with Crippen LogP contribution in [-0.4, -0.2) is 18.1 Å². The predicted octanol–water partition coefficient (Wildman–Crippen LogP) is 3.22. The maximum Gasteiger partial charge on any atom is 0.247 e. The van der Waals surface area contributed by atoms with E-state index in [-0.39, 0.29) is 11.7 Å². The molecule has 0 aliphatic heterocycles. The minimum Gasteiger partial charge on any atom is -0.508 e. The quantitative estimate of drug-likeness (QED) is 0.841. The molecule has 20 heavy (non-hydrogen) atoms. The Labute approximate surface area is 119 Å². The van der Waals surface area contributed by atoms with Crippen LogP contribution in [0.4, 0.5) is 5.69 Å². The molecule has 0 radical (unpaired) electrons. The average molecular weight is 272 g/mol. The summed E-state index contributed by atoms with van der Waals surface area (Å²) in [4.78, 5) is 14.3. The molecule has 0 aromatic heterocycles. The summed E-state index contributed by atoms with van der Waals surface area (Å²) in [6.45, 7) is 0. The Kier molecular flexibility index (Phi) is 4.29. The molecule has 1 saturated carbocycles. The number of amides is 1. The van der Waals surface area contributed by atoms with Crippen LogP contribution in [0.15, 0.2) is 24.3 Å². The van der Waals surface area contributed by atoms with E-state index < -0.39 is 5.41 Å². The largest absolute Gasteiger partial charge is 0.508 e. The summed E-state index contributed by atoms with van der Waals surface area (Å²) in [5.74, 6) is 0.0339. The first-order valence-corrected chi connectivity index (χ1v) is 7.07. The number of phenolic OH excluding ortho intramolecular Hbond substituents is 1. The van der Waals surface area contributed by atoms with Crippen LogP contribution in [0.5, 0.6) is 5.75 Å². The lowest BCUT2D eigenvalue weighted by Crippen LogP contribution is -2.41. The summed E-state index contributed by atoms with van der Waals surface area (Å²) < 4.78 is 0. The first-order chi connectivity index (χ1) is 9.59. The van der Waals surface area contributed by atoms with Gasteiger partial charge in [0, 0.05) is 12.7 Å². The van der Waals surface area contributed by atoms with E-state index in [4.69, 9.17) is 0 Å². The predicted molar refractivity (Wildman–Crippen MR) is 77.3 cm³/mol. The number of carbonyl (C=O) groups excluding carboxylic acids is 1. The minimum absolute atomic E-state index is 0.132. The van der Waals surface area contributed by atoms with Crippen LogP contribution in [0.3, 0.4) is 0 Å². The van der Waals surface area contributed by atoms with Gasteiger partial charge in [0.1, 0.15) is 11.2 Å². The van der Waals surface area contributed by atoms with Gasteiger partial charge in [0.25, 0.3) is 0 Å². The van der Waals surface area contributed by atoms with Crippen molar-refractivity contribution in [3.05, 3.63) is 24.3 Å². The van der Waals surface area contributed by atoms with E-state index in [0.29, 0.717) is 18.5 Å². The van der Waals surface area contributed by atoms with Gasteiger partial charge in [0.05, 0.1) is 6.07 Å². The van der Waals surface area contributed by atoms with E-state index in [1.807, 2.05) is 0 Å². The second-order valence-corrected chi connectivity index (χ2v) is 5.49. The van der Waals surface area contributed by atoms with Crippen LogP contribution in [0, 0.1) is 16.7 Å². The minimum atomic E-state index is -0.886. The number of benzene rings is 1. The monoisotopic (exact) mass is 272 g/mol. The van der Waals surface area contributed by atoms with Crippen LogP contribution in [0.2, 0.25) is 0 Å². The lowest BCUT2D eigenvalue weighted by Gasteiger charge is -2.29. The highest BCUT2D eigenvalue weighted by molar-refractivity contribution is 5.99. The van der Waals surface area contributed by atoms with Crippen molar-refractivity contribution in [1.82, 2.24) is 0 Å². The molecule has 0 spiro atoms. The van der Waals surface area contributed by atoms with Gasteiger partial charge in [-0.3, -0.25) is 4.79 Å². The van der Waals surface area contributed by atoms with Gasteiger partial charge in [-0.25, -0.2) is 0 Å². The number of nitriles is 1. The second-order valence-electron chi connectivity index (χ2n) is 5.49. The number of anilines is 1. The molecule has 0 bridgehead atoms. The highest BCUT2D eigenvalue weighted by Crippen LogP contribution is 2.37. The van der Waals surface area contributed by atoms with Gasteiger partial charge in [0.2, 0.25) is 5.91 Å². The number of nitrogens with zero attached hydrogens (tertiary/aromatic N) is 2. The Morgan fingerprint density at radius 2 is 1.75 bits per heavy atom. The van der Waals surface area contributed by atoms with Gasteiger partial charge in [0.15, 0.2) is 0 Å². The van der Waals surface area contributed by atoms with Gasteiger partial charge >= 0.3 is 0 Å². The van der Waals surface area contributed by atoms with Crippen molar-refractivity contribution in [3.8, 4) is 11.8 Å².